The topological polar surface area (TPSA) is 226 Å². The van der Waals surface area contributed by atoms with Gasteiger partial charge in [0.2, 0.25) is 17.7 Å². The Hall–Kier alpha value is -4.81. The first-order valence-electron chi connectivity index (χ1n) is 18.4. The molecule has 3 amide bonds. The van der Waals surface area contributed by atoms with Crippen molar-refractivity contribution in [2.24, 2.45) is 11.5 Å². The molecule has 57 heavy (non-hydrogen) atoms. The van der Waals surface area contributed by atoms with Gasteiger partial charge in [0.05, 0.1) is 16.0 Å². The van der Waals surface area contributed by atoms with Crippen molar-refractivity contribution in [1.82, 2.24) is 30.8 Å². The highest BCUT2D eigenvalue weighted by atomic mass is 35.5. The number of benzene rings is 3. The Morgan fingerprint density at radius 2 is 1.70 bits per heavy atom. The third kappa shape index (κ3) is 9.84. The number of H-pyrrole nitrogens is 1. The van der Waals surface area contributed by atoms with Crippen molar-refractivity contribution in [3.05, 3.63) is 107 Å². The molecule has 0 fully saturated rings. The number of hydrogen-bond donors (Lipinski definition) is 7. The molecule has 2 aromatic heterocycles. The number of amides is 3. The van der Waals surface area contributed by atoms with Crippen LogP contribution in [0.3, 0.4) is 0 Å². The average Bonchev–Trinajstić information content (AvgIpc) is 3.62. The zero-order chi connectivity index (χ0) is 40.7. The molecular formula is C40H45ClN8O6S2. The van der Waals surface area contributed by atoms with Gasteiger partial charge in [0.25, 0.3) is 10.1 Å². The van der Waals surface area contributed by atoms with E-state index in [1.165, 1.54) is 28.8 Å². The summed E-state index contributed by atoms with van der Waals surface area (Å²) in [7, 11) is -2.90. The Morgan fingerprint density at radius 1 is 0.930 bits per heavy atom. The van der Waals surface area contributed by atoms with Crippen LogP contribution in [0.4, 0.5) is 0 Å². The first kappa shape index (κ1) is 41.8. The number of nitrogens with two attached hydrogens (primary N) is 2. The molecule has 0 aliphatic carbocycles. The van der Waals surface area contributed by atoms with Crippen molar-refractivity contribution < 1.29 is 27.4 Å². The molecule has 3 heterocycles. The van der Waals surface area contributed by atoms with Gasteiger partial charge in [0, 0.05) is 54.8 Å². The van der Waals surface area contributed by atoms with Crippen LogP contribution in [0, 0.1) is 0 Å². The molecule has 17 heteroatoms. The number of rotatable bonds is 9. The minimum atomic E-state index is -4.45. The van der Waals surface area contributed by atoms with Crippen LogP contribution < -0.4 is 27.4 Å². The number of carbonyl (C=O) groups is 3. The Morgan fingerprint density at radius 3 is 2.44 bits per heavy atom. The highest BCUT2D eigenvalue weighted by Gasteiger charge is 2.34. The molecule has 300 valence electrons. The second kappa shape index (κ2) is 18.6. The van der Waals surface area contributed by atoms with E-state index >= 15 is 0 Å². The quantitative estimate of drug-likeness (QED) is 0.105. The Labute approximate surface area is 340 Å². The highest BCUT2D eigenvalue weighted by molar-refractivity contribution is 7.99. The highest BCUT2D eigenvalue weighted by Crippen LogP contribution is 2.41. The number of fused-ring (bicyclic) bond motifs is 3. The van der Waals surface area contributed by atoms with Crippen LogP contribution in [0.2, 0.25) is 5.02 Å². The lowest BCUT2D eigenvalue weighted by atomic mass is 9.98. The van der Waals surface area contributed by atoms with Gasteiger partial charge in [-0.15, -0.1) is 0 Å². The summed E-state index contributed by atoms with van der Waals surface area (Å²) in [6.45, 7) is 0.668. The lowest BCUT2D eigenvalue weighted by Gasteiger charge is -2.32. The zero-order valence-electron chi connectivity index (χ0n) is 31.2. The van der Waals surface area contributed by atoms with Gasteiger partial charge in [-0.25, -0.2) is 4.98 Å². The molecule has 6 rings (SSSR count). The number of pyridine rings is 1. The Bertz CT molecular complexity index is 2360. The minimum Gasteiger partial charge on any atom is -0.361 e. The fourth-order valence-corrected chi connectivity index (χ4v) is 8.72. The van der Waals surface area contributed by atoms with Gasteiger partial charge in [-0.2, -0.15) is 8.42 Å². The van der Waals surface area contributed by atoms with E-state index in [-0.39, 0.29) is 50.3 Å². The molecular weight excluding hydrogens is 788 g/mol. The molecule has 5 aromatic rings. The Balaban J connectivity index is 1.49. The van der Waals surface area contributed by atoms with Gasteiger partial charge >= 0.3 is 0 Å². The average molecular weight is 833 g/mol. The number of aromatic nitrogens is 2. The van der Waals surface area contributed by atoms with Crippen molar-refractivity contribution in [1.29, 1.82) is 0 Å². The lowest BCUT2D eigenvalue weighted by Crippen LogP contribution is -2.57. The van der Waals surface area contributed by atoms with E-state index < -0.39 is 46.0 Å². The Kier molecular flexibility index (Phi) is 13.7. The molecule has 0 saturated heterocycles. The third-order valence-corrected chi connectivity index (χ3v) is 12.5. The summed E-state index contributed by atoms with van der Waals surface area (Å²) in [4.78, 5) is 52.5. The van der Waals surface area contributed by atoms with Crippen LogP contribution >= 0.6 is 23.4 Å². The standard InChI is InChI=1S/C40H45ClN8O6S2/c1-49-35(20-26-22-45-32-8-3-2-7-29(26)32)38(51)47-23-30-28(24-10-12-27(13-11-24)57(53,54)55)14-15-31(41)36(30)56-39-25(6-5-19-44-39)21-46-33(16-18-43)37(50)48-34(40(49)52)9-4-17-42/h2-3,5-8,10-15,19,22,33-35,45-46H,4,9,16-18,20-21,23,42-43H2,1H3,(H,47,51)(H,48,50)(H,53,54,55)/t33-,34-,35-/m0/s1. The molecule has 0 bridgehead atoms. The first-order valence-corrected chi connectivity index (χ1v) is 21.1. The fraction of sp³-hybridized carbons (Fsp3) is 0.300. The molecule has 3 aromatic carbocycles. The normalized spacial score (nSPS) is 18.7. The summed E-state index contributed by atoms with van der Waals surface area (Å²) in [6, 6.07) is 17.7. The summed E-state index contributed by atoms with van der Waals surface area (Å²) < 4.78 is 33.4. The molecule has 0 saturated carbocycles. The van der Waals surface area contributed by atoms with Crippen LogP contribution in [-0.4, -0.2) is 83.8 Å². The smallest absolute Gasteiger partial charge is 0.294 e. The van der Waals surface area contributed by atoms with E-state index in [2.05, 4.69) is 25.9 Å². The van der Waals surface area contributed by atoms with Crippen LogP contribution in [0.5, 0.6) is 0 Å². The predicted molar refractivity (Wildman–Crippen MR) is 220 cm³/mol. The number of hydrogen-bond acceptors (Lipinski definition) is 10. The molecule has 1 aliphatic rings. The van der Waals surface area contributed by atoms with Crippen molar-refractivity contribution in [2.45, 2.75) is 71.7 Å². The molecule has 0 radical (unpaired) electrons. The van der Waals surface area contributed by atoms with E-state index in [4.69, 9.17) is 23.1 Å². The summed E-state index contributed by atoms with van der Waals surface area (Å²) in [5.74, 6) is -1.34. The summed E-state index contributed by atoms with van der Waals surface area (Å²) in [6.07, 6.45) is 4.58. The fourth-order valence-electron chi connectivity index (χ4n) is 6.89. The number of para-hydroxylation sites is 1. The van der Waals surface area contributed by atoms with Crippen molar-refractivity contribution in [2.75, 3.05) is 20.1 Å². The number of carbonyl (C=O) groups excluding carboxylic acids is 3. The zero-order valence-corrected chi connectivity index (χ0v) is 33.6. The number of nitrogens with one attached hydrogen (secondary N) is 4. The summed E-state index contributed by atoms with van der Waals surface area (Å²) in [5.41, 5.74) is 16.1. The van der Waals surface area contributed by atoms with Gasteiger partial charge < -0.3 is 37.3 Å². The maximum atomic E-state index is 14.6. The van der Waals surface area contributed by atoms with Gasteiger partial charge in [-0.05, 0) is 90.5 Å². The number of likely N-dealkylation sites (N-methyl/N-ethyl adjacent to an activating group) is 1. The second-order valence-corrected chi connectivity index (χ2v) is 16.5. The molecule has 9 N–H and O–H groups in total. The number of halogens is 1. The number of nitrogens with zero attached hydrogens (tertiary/aromatic N) is 2. The second-order valence-electron chi connectivity index (χ2n) is 13.7. The molecule has 14 nitrogen and oxygen atoms in total. The van der Waals surface area contributed by atoms with E-state index in [1.54, 1.807) is 43.6 Å². The number of aromatic amines is 1. The van der Waals surface area contributed by atoms with Gasteiger partial charge in [0.1, 0.15) is 17.1 Å². The molecule has 0 spiro atoms. The summed E-state index contributed by atoms with van der Waals surface area (Å²) >= 11 is 8.23. The van der Waals surface area contributed by atoms with E-state index in [0.717, 1.165) is 22.0 Å². The molecule has 3 atom stereocenters. The monoisotopic (exact) mass is 832 g/mol. The van der Waals surface area contributed by atoms with Crippen LogP contribution in [0.25, 0.3) is 22.0 Å². The molecule has 1 aliphatic heterocycles. The maximum Gasteiger partial charge on any atom is 0.294 e. The first-order chi connectivity index (χ1) is 27.4. The largest absolute Gasteiger partial charge is 0.361 e. The van der Waals surface area contributed by atoms with Crippen molar-refractivity contribution in [3.63, 3.8) is 0 Å². The van der Waals surface area contributed by atoms with Gasteiger partial charge in [-0.1, -0.05) is 65.8 Å². The van der Waals surface area contributed by atoms with E-state index in [0.29, 0.717) is 38.1 Å². The summed E-state index contributed by atoms with van der Waals surface area (Å²) in [5, 5.41) is 11.2. The van der Waals surface area contributed by atoms with Crippen molar-refractivity contribution >= 4 is 62.1 Å². The minimum absolute atomic E-state index is 0.0458. The predicted octanol–water partition coefficient (Wildman–Crippen LogP) is 4.01. The lowest BCUT2D eigenvalue weighted by molar-refractivity contribution is -0.142. The van der Waals surface area contributed by atoms with Crippen LogP contribution in [0.1, 0.15) is 36.0 Å². The van der Waals surface area contributed by atoms with Gasteiger partial charge in [0.15, 0.2) is 0 Å². The molecule has 0 unspecified atom stereocenters. The van der Waals surface area contributed by atoms with Crippen LogP contribution in [-0.2, 0) is 44.0 Å². The van der Waals surface area contributed by atoms with Crippen LogP contribution in [0.15, 0.2) is 100 Å². The maximum absolute atomic E-state index is 14.6. The van der Waals surface area contributed by atoms with E-state index in [9.17, 15) is 27.4 Å². The SMILES string of the molecule is CN1C(=O)[C@H](CCCN)NC(=O)[C@H](CCN)NCc2cccnc2Sc2c(Cl)ccc(-c3ccc(S(=O)(=O)O)cc3)c2CNC(=O)[C@@H]1Cc1c[nH]c2ccccc12. The van der Waals surface area contributed by atoms with E-state index in [1.807, 2.05) is 36.5 Å². The van der Waals surface area contributed by atoms with Crippen molar-refractivity contribution in [3.8, 4) is 11.1 Å². The third-order valence-electron chi connectivity index (χ3n) is 9.99. The van der Waals surface area contributed by atoms with Gasteiger partial charge in [-0.3, -0.25) is 18.9 Å².